The number of aryl methyl sites for hydroxylation is 1. The Bertz CT molecular complexity index is 346. The molecule has 15 heavy (non-hydrogen) atoms. The summed E-state index contributed by atoms with van der Waals surface area (Å²) in [6.07, 6.45) is 2.25. The van der Waals surface area contributed by atoms with Crippen molar-refractivity contribution in [1.82, 2.24) is 4.37 Å². The number of anilines is 1. The number of rotatable bonds is 5. The lowest BCUT2D eigenvalue weighted by Crippen LogP contribution is -2.15. The summed E-state index contributed by atoms with van der Waals surface area (Å²) in [6, 6.07) is 0.396. The van der Waals surface area contributed by atoms with Gasteiger partial charge in [0.25, 0.3) is 0 Å². The first-order valence-electron chi connectivity index (χ1n) is 5.30. The maximum absolute atomic E-state index is 11.4. The third-order valence-corrected chi connectivity index (χ3v) is 3.18. The maximum Gasteiger partial charge on any atom is 0.164 e. The number of nitrogens with zero attached hydrogens (tertiary/aromatic N) is 1. The van der Waals surface area contributed by atoms with Crippen molar-refractivity contribution in [1.29, 1.82) is 0 Å². The van der Waals surface area contributed by atoms with Crippen LogP contribution in [0.4, 0.5) is 5.00 Å². The van der Waals surface area contributed by atoms with E-state index in [0.29, 0.717) is 6.04 Å². The van der Waals surface area contributed by atoms with Gasteiger partial charge in [-0.15, -0.1) is 0 Å². The van der Waals surface area contributed by atoms with Crippen LogP contribution in [0.3, 0.4) is 0 Å². The molecule has 1 aromatic rings. The smallest absolute Gasteiger partial charge is 0.164 e. The van der Waals surface area contributed by atoms with E-state index < -0.39 is 0 Å². The van der Waals surface area contributed by atoms with Crippen molar-refractivity contribution in [2.75, 3.05) is 5.32 Å². The van der Waals surface area contributed by atoms with Crippen molar-refractivity contribution < 1.29 is 4.79 Å². The fourth-order valence-electron chi connectivity index (χ4n) is 1.61. The number of Topliss-reactive ketones (excluding diaryl/α,β-unsaturated/α-hetero) is 1. The highest BCUT2D eigenvalue weighted by Crippen LogP contribution is 2.26. The van der Waals surface area contributed by atoms with Gasteiger partial charge in [-0.05, 0) is 38.7 Å². The molecule has 84 valence electrons. The molecule has 0 spiro atoms. The van der Waals surface area contributed by atoms with E-state index in [9.17, 15) is 4.79 Å². The molecule has 1 aromatic heterocycles. The Morgan fingerprint density at radius 1 is 1.60 bits per heavy atom. The minimum atomic E-state index is 0.0902. The molecule has 0 aliphatic heterocycles. The number of hydrogen-bond donors (Lipinski definition) is 1. The maximum atomic E-state index is 11.4. The van der Waals surface area contributed by atoms with Gasteiger partial charge in [0.1, 0.15) is 5.00 Å². The second-order valence-corrected chi connectivity index (χ2v) is 4.64. The highest BCUT2D eigenvalue weighted by Gasteiger charge is 2.15. The Morgan fingerprint density at radius 2 is 2.27 bits per heavy atom. The lowest BCUT2D eigenvalue weighted by molar-refractivity contribution is 0.101. The topological polar surface area (TPSA) is 42.0 Å². The summed E-state index contributed by atoms with van der Waals surface area (Å²) in [4.78, 5) is 11.4. The van der Waals surface area contributed by atoms with Crippen molar-refractivity contribution in [3.8, 4) is 0 Å². The van der Waals surface area contributed by atoms with Gasteiger partial charge in [0.05, 0.1) is 11.3 Å². The molecule has 0 aliphatic rings. The van der Waals surface area contributed by atoms with E-state index >= 15 is 0 Å². The molecule has 0 bridgehead atoms. The van der Waals surface area contributed by atoms with Crippen LogP contribution in [0.2, 0.25) is 0 Å². The normalized spacial score (nSPS) is 12.5. The van der Waals surface area contributed by atoms with Crippen LogP contribution >= 0.6 is 11.5 Å². The van der Waals surface area contributed by atoms with Gasteiger partial charge in [-0.3, -0.25) is 4.79 Å². The van der Waals surface area contributed by atoms with Gasteiger partial charge < -0.3 is 5.32 Å². The zero-order valence-corrected chi connectivity index (χ0v) is 10.6. The van der Waals surface area contributed by atoms with E-state index in [1.807, 2.05) is 6.92 Å². The summed E-state index contributed by atoms with van der Waals surface area (Å²) in [5, 5.41) is 4.27. The van der Waals surface area contributed by atoms with Crippen LogP contribution in [0.25, 0.3) is 0 Å². The molecule has 0 aromatic carbocycles. The lowest BCUT2D eigenvalue weighted by Gasteiger charge is -2.12. The Balaban J connectivity index is 2.81. The number of nitrogens with one attached hydrogen (secondary N) is 1. The Labute approximate surface area is 95.1 Å². The quantitative estimate of drug-likeness (QED) is 0.784. The predicted molar refractivity (Wildman–Crippen MR) is 64.8 cm³/mol. The number of ketones is 1. The number of carbonyl (C=O) groups is 1. The summed E-state index contributed by atoms with van der Waals surface area (Å²) >= 11 is 1.38. The van der Waals surface area contributed by atoms with Gasteiger partial charge in [-0.25, -0.2) is 0 Å². The Hall–Kier alpha value is -0.900. The van der Waals surface area contributed by atoms with E-state index in [-0.39, 0.29) is 5.78 Å². The largest absolute Gasteiger partial charge is 0.373 e. The van der Waals surface area contributed by atoms with Crippen molar-refractivity contribution >= 4 is 22.3 Å². The monoisotopic (exact) mass is 226 g/mol. The Morgan fingerprint density at radius 3 is 2.80 bits per heavy atom. The minimum Gasteiger partial charge on any atom is -0.373 e. The second kappa shape index (κ2) is 5.26. The molecular formula is C11H18N2OS. The van der Waals surface area contributed by atoms with E-state index in [4.69, 9.17) is 0 Å². The molecule has 3 nitrogen and oxygen atoms in total. The molecule has 1 heterocycles. The molecule has 1 N–H and O–H groups in total. The first-order valence-corrected chi connectivity index (χ1v) is 6.07. The third-order valence-electron chi connectivity index (χ3n) is 2.31. The van der Waals surface area contributed by atoms with Crippen LogP contribution in [0.5, 0.6) is 0 Å². The Kier molecular flexibility index (Phi) is 4.27. The zero-order chi connectivity index (χ0) is 11.4. The highest BCUT2D eigenvalue weighted by molar-refractivity contribution is 7.10. The van der Waals surface area contributed by atoms with Gasteiger partial charge in [0.2, 0.25) is 0 Å². The molecule has 4 heteroatoms. The molecule has 1 atom stereocenters. The standard InChI is InChI=1S/C11H18N2OS/c1-5-6-7(2)12-11-10(9(4)14)8(3)13-15-11/h7,12H,5-6H2,1-4H3. The molecule has 0 saturated carbocycles. The van der Waals surface area contributed by atoms with Crippen molar-refractivity contribution in [3.05, 3.63) is 11.3 Å². The van der Waals surface area contributed by atoms with Crippen LogP contribution in [0.1, 0.15) is 49.7 Å². The molecule has 0 amide bonds. The van der Waals surface area contributed by atoms with Crippen molar-refractivity contribution in [3.63, 3.8) is 0 Å². The third kappa shape index (κ3) is 3.02. The second-order valence-electron chi connectivity index (χ2n) is 3.86. The first kappa shape index (κ1) is 12.2. The molecular weight excluding hydrogens is 208 g/mol. The van der Waals surface area contributed by atoms with Gasteiger partial charge in [-0.1, -0.05) is 13.3 Å². The zero-order valence-electron chi connectivity index (χ0n) is 9.76. The average molecular weight is 226 g/mol. The van der Waals surface area contributed by atoms with Crippen LogP contribution in [0.15, 0.2) is 0 Å². The molecule has 1 rings (SSSR count). The highest BCUT2D eigenvalue weighted by atomic mass is 32.1. The summed E-state index contributed by atoms with van der Waals surface area (Å²) in [5.74, 6) is 0.0902. The minimum absolute atomic E-state index is 0.0902. The first-order chi connectivity index (χ1) is 7.06. The average Bonchev–Trinajstić information content (AvgIpc) is 2.47. The molecule has 0 radical (unpaired) electrons. The van der Waals surface area contributed by atoms with E-state index in [1.165, 1.54) is 11.5 Å². The lowest BCUT2D eigenvalue weighted by atomic mass is 10.1. The number of aromatic nitrogens is 1. The van der Waals surface area contributed by atoms with Gasteiger partial charge in [-0.2, -0.15) is 4.37 Å². The summed E-state index contributed by atoms with van der Waals surface area (Å²) in [6.45, 7) is 7.75. The van der Waals surface area contributed by atoms with Crippen LogP contribution in [0, 0.1) is 6.92 Å². The summed E-state index contributed by atoms with van der Waals surface area (Å²) in [7, 11) is 0. The van der Waals surface area contributed by atoms with Gasteiger partial charge >= 0.3 is 0 Å². The van der Waals surface area contributed by atoms with Crippen LogP contribution < -0.4 is 5.32 Å². The predicted octanol–water partition coefficient (Wildman–Crippen LogP) is 3.25. The van der Waals surface area contributed by atoms with Crippen molar-refractivity contribution in [2.24, 2.45) is 0 Å². The molecule has 1 unspecified atom stereocenters. The van der Waals surface area contributed by atoms with Crippen molar-refractivity contribution in [2.45, 2.75) is 46.6 Å². The van der Waals surface area contributed by atoms with E-state index in [1.54, 1.807) is 6.92 Å². The fraction of sp³-hybridized carbons (Fsp3) is 0.636. The van der Waals surface area contributed by atoms with Gasteiger partial charge in [0.15, 0.2) is 5.78 Å². The SMILES string of the molecule is CCCC(C)Nc1snc(C)c1C(C)=O. The molecule has 0 saturated heterocycles. The van der Waals surface area contributed by atoms with E-state index in [0.717, 1.165) is 29.1 Å². The fourth-order valence-corrected chi connectivity index (χ4v) is 2.57. The van der Waals surface area contributed by atoms with E-state index in [2.05, 4.69) is 23.5 Å². The number of carbonyl (C=O) groups excluding carboxylic acids is 1. The molecule has 0 fully saturated rings. The summed E-state index contributed by atoms with van der Waals surface area (Å²) in [5.41, 5.74) is 1.58. The van der Waals surface area contributed by atoms with Crippen LogP contribution in [-0.4, -0.2) is 16.2 Å². The van der Waals surface area contributed by atoms with Gasteiger partial charge in [0, 0.05) is 6.04 Å². The number of hydrogen-bond acceptors (Lipinski definition) is 4. The van der Waals surface area contributed by atoms with Crippen LogP contribution in [-0.2, 0) is 0 Å². The molecule has 0 aliphatic carbocycles. The summed E-state index contributed by atoms with van der Waals surface area (Å²) < 4.78 is 4.21.